The Kier molecular flexibility index (Phi) is 10.7. The topological polar surface area (TPSA) is 74.3 Å². The Balaban J connectivity index is 0.000000364. The number of carbonyl (C=O) groups excluding carboxylic acids is 1. The molecule has 0 N–H and O–H groups in total. The molecule has 3 aliphatic rings. The average Bonchev–Trinajstić information content (AvgIpc) is 3.51. The predicted molar refractivity (Wildman–Crippen MR) is 120 cm³/mol. The minimum absolute atomic E-state index is 0.389. The first-order valence-corrected chi connectivity index (χ1v) is 15.8. The monoisotopic (exact) mass is 738 g/mol. The van der Waals surface area contributed by atoms with Crippen LogP contribution in [0, 0.1) is 11.8 Å². The lowest BCUT2D eigenvalue weighted by atomic mass is 9.91. The maximum Gasteiger partial charge on any atom is 0.460 e. The van der Waals surface area contributed by atoms with Gasteiger partial charge in [-0.15, -0.1) is 0 Å². The molecule has 5 atom stereocenters. The summed E-state index contributed by atoms with van der Waals surface area (Å²) in [6, 6.07) is 0. The van der Waals surface area contributed by atoms with Crippen LogP contribution in [0.15, 0.2) is 0 Å². The molecule has 0 saturated heterocycles. The number of halogens is 17. The molecule has 3 aliphatic carbocycles. The third-order valence-electron chi connectivity index (χ3n) is 8.11. The number of hydrogen-bond acceptors (Lipinski definition) is 4. The lowest BCUT2D eigenvalue weighted by Gasteiger charge is -2.42. The molecule has 45 heavy (non-hydrogen) atoms. The molecule has 0 heterocycles. The zero-order chi connectivity index (χ0) is 35.6. The number of hydrogen-bond donors (Lipinski definition) is 0. The van der Waals surface area contributed by atoms with Crippen LogP contribution in [0.5, 0.6) is 0 Å². The predicted octanol–water partition coefficient (Wildman–Crippen LogP) is 7.43. The number of Topliss-reactive ketones (excluding diaryl/α,β-unsaturated/α-hetero) is 1. The largest absolute Gasteiger partial charge is 0.743 e. The molecule has 23 heteroatoms. The molecule has 3 fully saturated rings. The van der Waals surface area contributed by atoms with E-state index in [1.807, 2.05) is 0 Å². The molecule has 266 valence electrons. The van der Waals surface area contributed by atoms with Crippen LogP contribution in [-0.4, -0.2) is 82.5 Å². The lowest BCUT2D eigenvalue weighted by molar-refractivity contribution is -0.458. The molecule has 0 spiro atoms. The summed E-state index contributed by atoms with van der Waals surface area (Å²) in [4.78, 5) is 12.0. The van der Waals surface area contributed by atoms with Crippen LogP contribution < -0.4 is 0 Å². The molecule has 0 aliphatic heterocycles. The maximum absolute atomic E-state index is 13.0. The molecule has 3 saturated carbocycles. The number of carbonyl (C=O) groups is 1. The third-order valence-corrected chi connectivity index (χ3v) is 11.9. The first-order valence-electron chi connectivity index (χ1n) is 12.6. The summed E-state index contributed by atoms with van der Waals surface area (Å²) in [6.45, 7) is 0. The Morgan fingerprint density at radius 2 is 1.09 bits per heavy atom. The van der Waals surface area contributed by atoms with Crippen molar-refractivity contribution in [1.29, 1.82) is 0 Å². The lowest BCUT2D eigenvalue weighted by Crippen LogP contribution is -2.75. The Bertz CT molecular complexity index is 1200. The van der Waals surface area contributed by atoms with Crippen LogP contribution in [-0.2, 0) is 25.8 Å². The molecule has 0 aromatic heterocycles. The highest BCUT2D eigenvalue weighted by Crippen LogP contribution is 2.64. The van der Waals surface area contributed by atoms with Crippen molar-refractivity contribution in [2.75, 3.05) is 6.26 Å². The summed E-state index contributed by atoms with van der Waals surface area (Å²) in [5, 5.41) is -6.57. The fourth-order valence-corrected chi connectivity index (χ4v) is 8.87. The quantitative estimate of drug-likeness (QED) is 0.140. The molecular weight excluding hydrogens is 715 g/mol. The van der Waals surface area contributed by atoms with E-state index < -0.39 is 57.1 Å². The Morgan fingerprint density at radius 3 is 1.44 bits per heavy atom. The van der Waals surface area contributed by atoms with Crippen LogP contribution in [0.25, 0.3) is 0 Å². The molecule has 0 aromatic rings. The summed E-state index contributed by atoms with van der Waals surface area (Å²) in [6.07, 6.45) is 4.93. The van der Waals surface area contributed by atoms with Crippen LogP contribution >= 0.6 is 0 Å². The van der Waals surface area contributed by atoms with E-state index in [0.717, 1.165) is 29.9 Å². The smallest absolute Gasteiger partial charge is 0.460 e. The van der Waals surface area contributed by atoms with Gasteiger partial charge in [0, 0.05) is 18.8 Å². The Hall–Kier alpha value is -1.26. The fraction of sp³-hybridized carbons (Fsp3) is 0.955. The number of alkyl halides is 17. The van der Waals surface area contributed by atoms with Gasteiger partial charge in [-0.25, -0.2) is 8.42 Å². The van der Waals surface area contributed by atoms with Gasteiger partial charge >= 0.3 is 47.0 Å². The Morgan fingerprint density at radius 1 is 0.644 bits per heavy atom. The summed E-state index contributed by atoms with van der Waals surface area (Å²) in [5.41, 5.74) is 0. The van der Waals surface area contributed by atoms with E-state index in [2.05, 4.69) is 6.26 Å². The molecule has 5 unspecified atom stereocenters. The van der Waals surface area contributed by atoms with Crippen molar-refractivity contribution in [2.24, 2.45) is 11.8 Å². The van der Waals surface area contributed by atoms with Crippen molar-refractivity contribution in [3.63, 3.8) is 0 Å². The highest BCUT2D eigenvalue weighted by Gasteiger charge is 2.95. The summed E-state index contributed by atoms with van der Waals surface area (Å²) < 4.78 is 244. The van der Waals surface area contributed by atoms with E-state index in [9.17, 15) is 92.4 Å². The second kappa shape index (κ2) is 12.0. The summed E-state index contributed by atoms with van der Waals surface area (Å²) >= 11 is 0. The molecule has 0 aromatic carbocycles. The van der Waals surface area contributed by atoms with E-state index in [1.54, 1.807) is 0 Å². The van der Waals surface area contributed by atoms with Crippen molar-refractivity contribution in [2.45, 2.75) is 109 Å². The van der Waals surface area contributed by atoms with Gasteiger partial charge < -0.3 is 4.55 Å². The highest BCUT2D eigenvalue weighted by molar-refractivity contribution is 7.98. The van der Waals surface area contributed by atoms with Crippen molar-refractivity contribution < 1.29 is 92.4 Å². The molecule has 4 nitrogen and oxygen atoms in total. The number of rotatable bonds is 9. The van der Waals surface area contributed by atoms with Crippen LogP contribution in [0.2, 0.25) is 0 Å². The van der Waals surface area contributed by atoms with Gasteiger partial charge in [0.05, 0.1) is 6.26 Å². The molecule has 3 rings (SSSR count). The van der Waals surface area contributed by atoms with Gasteiger partial charge in [-0.3, -0.25) is 4.79 Å². The van der Waals surface area contributed by atoms with Crippen molar-refractivity contribution in [1.82, 2.24) is 0 Å². The van der Waals surface area contributed by atoms with Gasteiger partial charge in [-0.2, -0.15) is 74.6 Å². The van der Waals surface area contributed by atoms with Gasteiger partial charge in [0.2, 0.25) is 0 Å². The van der Waals surface area contributed by atoms with Crippen molar-refractivity contribution in [3.8, 4) is 0 Å². The zero-order valence-corrected chi connectivity index (χ0v) is 24.0. The maximum atomic E-state index is 13.0. The molecular formula is C22H23F17O4S2. The van der Waals surface area contributed by atoms with Crippen LogP contribution in [0.3, 0.4) is 0 Å². The van der Waals surface area contributed by atoms with Gasteiger partial charge in [-0.05, 0) is 55.3 Å². The number of fused-ring (bicyclic) bond motifs is 2. The van der Waals surface area contributed by atoms with E-state index in [-0.39, 0.29) is 0 Å². The highest BCUT2D eigenvalue weighted by atomic mass is 32.2. The van der Waals surface area contributed by atoms with E-state index in [4.69, 9.17) is 0 Å². The van der Waals surface area contributed by atoms with E-state index in [0.29, 0.717) is 21.9 Å². The van der Waals surface area contributed by atoms with Crippen LogP contribution in [0.4, 0.5) is 74.6 Å². The number of ketones is 1. The average molecular weight is 739 g/mol. The third kappa shape index (κ3) is 6.23. The minimum Gasteiger partial charge on any atom is -0.743 e. The van der Waals surface area contributed by atoms with Gasteiger partial charge in [-0.1, -0.05) is 0 Å². The van der Waals surface area contributed by atoms with Gasteiger partial charge in [0.15, 0.2) is 21.2 Å². The van der Waals surface area contributed by atoms with Crippen molar-refractivity contribution in [3.05, 3.63) is 0 Å². The van der Waals surface area contributed by atoms with Crippen LogP contribution in [0.1, 0.15) is 51.4 Å². The fourth-order valence-electron chi connectivity index (χ4n) is 5.50. The molecule has 2 bridgehead atoms. The SMILES string of the molecule is C[S+](C1CCCCC1=O)C1CC2CCC1C2.O=S(=O)([O-])C(F)(F)C(F)(F)C(F)(F)C(F)(F)C(F)(F)C(F)(F)C(F)(F)C(F)(F)F. The normalized spacial score (nSPS) is 26.9. The second-order valence-electron chi connectivity index (χ2n) is 10.9. The summed E-state index contributed by atoms with van der Waals surface area (Å²) in [7, 11) is -7.75. The first-order chi connectivity index (χ1) is 19.8. The van der Waals surface area contributed by atoms with Gasteiger partial charge in [0.1, 0.15) is 5.25 Å². The zero-order valence-electron chi connectivity index (χ0n) is 22.3. The van der Waals surface area contributed by atoms with E-state index >= 15 is 0 Å². The van der Waals surface area contributed by atoms with E-state index in [1.165, 1.54) is 38.5 Å². The second-order valence-corrected chi connectivity index (χ2v) is 14.7. The first kappa shape index (κ1) is 39.9. The minimum atomic E-state index is -8.92. The summed E-state index contributed by atoms with van der Waals surface area (Å²) in [5.74, 6) is -49.5. The molecule has 0 radical (unpaired) electrons. The van der Waals surface area contributed by atoms with Gasteiger partial charge in [0.25, 0.3) is 0 Å². The molecule has 0 amide bonds. The Labute approximate surface area is 246 Å². The standard InChI is InChI=1S/C14H23OS.C8HF17O3S/c1-16(13-5-3-2-4-12(13)15)14-9-10-6-7-11(14)8-10;9-1(10,3(13,14)5(17,18)7(21,22)23)2(11,12)4(15,16)6(19,20)8(24,25)29(26,27)28/h10-11,13-14H,2-9H2,1H3;(H,26,27,28)/q+1;/p-1. The van der Waals surface area contributed by atoms with Crippen molar-refractivity contribution >= 4 is 26.8 Å².